The van der Waals surface area contributed by atoms with Gasteiger partial charge in [-0.15, -0.1) is 0 Å². The molecule has 0 fully saturated rings. The van der Waals surface area contributed by atoms with E-state index in [1.54, 1.807) is 4.31 Å². The molecule has 7 heteroatoms. The van der Waals surface area contributed by atoms with Crippen molar-refractivity contribution in [3.8, 4) is 0 Å². The summed E-state index contributed by atoms with van der Waals surface area (Å²) in [6, 6.07) is 25.8. The van der Waals surface area contributed by atoms with Crippen molar-refractivity contribution >= 4 is 56.8 Å². The lowest BCUT2D eigenvalue weighted by Crippen LogP contribution is -2.39. The van der Waals surface area contributed by atoms with E-state index in [0.29, 0.717) is 11.6 Å². The van der Waals surface area contributed by atoms with E-state index in [1.807, 2.05) is 78.0 Å². The van der Waals surface area contributed by atoms with Gasteiger partial charge in [0.1, 0.15) is 6.54 Å². The fourth-order valence-electron chi connectivity index (χ4n) is 3.98. The van der Waals surface area contributed by atoms with Gasteiger partial charge in [-0.1, -0.05) is 70.0 Å². The van der Waals surface area contributed by atoms with Crippen LogP contribution in [0.4, 0.5) is 5.69 Å². The number of halogens is 2. The molecule has 32 heavy (non-hydrogen) atoms. The van der Waals surface area contributed by atoms with E-state index in [-0.39, 0.29) is 17.9 Å². The SMILES string of the molecule is CSN(C(=O)CN1CC(C)(c2ccccc2)C(c2ccc(Cl)cc2)=N1)c1ccc(Br)cc1. The molecule has 1 aliphatic heterocycles. The highest BCUT2D eigenvalue weighted by molar-refractivity contribution is 9.10. The van der Waals surface area contributed by atoms with Crippen LogP contribution < -0.4 is 4.31 Å². The first-order valence-electron chi connectivity index (χ1n) is 10.2. The van der Waals surface area contributed by atoms with E-state index in [2.05, 4.69) is 35.0 Å². The summed E-state index contributed by atoms with van der Waals surface area (Å²) in [4.78, 5) is 13.2. The van der Waals surface area contributed by atoms with Crippen LogP contribution in [0.15, 0.2) is 88.4 Å². The Morgan fingerprint density at radius 2 is 1.75 bits per heavy atom. The van der Waals surface area contributed by atoms with Crippen molar-refractivity contribution in [2.24, 2.45) is 5.10 Å². The monoisotopic (exact) mass is 527 g/mol. The van der Waals surface area contributed by atoms with Crippen molar-refractivity contribution in [2.75, 3.05) is 23.7 Å². The molecular weight excluding hydrogens is 506 g/mol. The molecule has 1 heterocycles. The van der Waals surface area contributed by atoms with Gasteiger partial charge in [0.2, 0.25) is 0 Å². The van der Waals surface area contributed by atoms with Crippen molar-refractivity contribution in [1.82, 2.24) is 5.01 Å². The van der Waals surface area contributed by atoms with Crippen LogP contribution in [0.2, 0.25) is 5.02 Å². The van der Waals surface area contributed by atoms with Crippen LogP contribution in [0.1, 0.15) is 18.1 Å². The summed E-state index contributed by atoms with van der Waals surface area (Å²) in [5.41, 5.74) is 3.60. The molecule has 1 unspecified atom stereocenters. The summed E-state index contributed by atoms with van der Waals surface area (Å²) in [7, 11) is 0. The lowest BCUT2D eigenvalue weighted by molar-refractivity contribution is -0.118. The minimum absolute atomic E-state index is 0.0173. The molecule has 0 saturated carbocycles. The first-order chi connectivity index (χ1) is 15.4. The predicted octanol–water partition coefficient (Wildman–Crippen LogP) is 6.39. The predicted molar refractivity (Wildman–Crippen MR) is 138 cm³/mol. The van der Waals surface area contributed by atoms with Crippen molar-refractivity contribution in [3.05, 3.63) is 99.5 Å². The minimum Gasteiger partial charge on any atom is -0.286 e. The van der Waals surface area contributed by atoms with Crippen molar-refractivity contribution < 1.29 is 4.79 Å². The molecule has 164 valence electrons. The highest BCUT2D eigenvalue weighted by atomic mass is 79.9. The highest BCUT2D eigenvalue weighted by Gasteiger charge is 2.41. The quantitative estimate of drug-likeness (QED) is 0.348. The van der Waals surface area contributed by atoms with E-state index in [0.717, 1.165) is 21.4 Å². The summed E-state index contributed by atoms with van der Waals surface area (Å²) in [5, 5.41) is 7.49. The number of carbonyl (C=O) groups is 1. The van der Waals surface area contributed by atoms with Gasteiger partial charge >= 0.3 is 0 Å². The molecule has 4 nitrogen and oxygen atoms in total. The number of hydrogen-bond donors (Lipinski definition) is 0. The van der Waals surface area contributed by atoms with Gasteiger partial charge in [0.15, 0.2) is 0 Å². The summed E-state index contributed by atoms with van der Waals surface area (Å²) >= 11 is 11.0. The Hall–Kier alpha value is -2.28. The maximum Gasteiger partial charge on any atom is 0.258 e. The Balaban J connectivity index is 1.63. The molecule has 0 N–H and O–H groups in total. The number of amides is 1. The topological polar surface area (TPSA) is 35.9 Å². The minimum atomic E-state index is -0.350. The molecule has 0 saturated heterocycles. The average molecular weight is 529 g/mol. The number of nitrogens with zero attached hydrogens (tertiary/aromatic N) is 3. The average Bonchev–Trinajstić information content (AvgIpc) is 3.13. The molecule has 0 spiro atoms. The normalized spacial score (nSPS) is 17.9. The molecule has 4 rings (SSSR count). The van der Waals surface area contributed by atoms with Crippen LogP contribution in [0.5, 0.6) is 0 Å². The van der Waals surface area contributed by atoms with Crippen LogP contribution in [0.25, 0.3) is 0 Å². The number of carbonyl (C=O) groups excluding carboxylic acids is 1. The highest BCUT2D eigenvalue weighted by Crippen LogP contribution is 2.35. The fourth-order valence-corrected chi connectivity index (χ4v) is 4.97. The van der Waals surface area contributed by atoms with E-state index < -0.39 is 0 Å². The molecule has 1 atom stereocenters. The Labute approximate surface area is 206 Å². The fraction of sp³-hybridized carbons (Fsp3) is 0.200. The van der Waals surface area contributed by atoms with Gasteiger partial charge in [-0.3, -0.25) is 14.1 Å². The second-order valence-corrected chi connectivity index (χ2v) is 9.91. The van der Waals surface area contributed by atoms with Crippen LogP contribution in [0.3, 0.4) is 0 Å². The standard InChI is InChI=1S/C25H23BrClN3OS/c1-25(19-6-4-3-5-7-19)17-29(28-24(25)18-8-12-21(27)13-9-18)16-23(31)30(32-2)22-14-10-20(26)11-15-22/h3-15H,16-17H2,1-2H3. The lowest BCUT2D eigenvalue weighted by atomic mass is 9.76. The Morgan fingerprint density at radius 3 is 2.38 bits per heavy atom. The van der Waals surface area contributed by atoms with E-state index in [9.17, 15) is 4.79 Å². The van der Waals surface area contributed by atoms with Gasteiger partial charge < -0.3 is 0 Å². The van der Waals surface area contributed by atoms with Crippen molar-refractivity contribution in [2.45, 2.75) is 12.3 Å². The molecular formula is C25H23BrClN3OS. The van der Waals surface area contributed by atoms with Gasteiger partial charge in [-0.2, -0.15) is 5.10 Å². The maximum atomic E-state index is 13.2. The Bertz CT molecular complexity index is 1120. The summed E-state index contributed by atoms with van der Waals surface area (Å²) in [6.45, 7) is 2.99. The van der Waals surface area contributed by atoms with E-state index >= 15 is 0 Å². The zero-order chi connectivity index (χ0) is 22.7. The number of anilines is 1. The summed E-state index contributed by atoms with van der Waals surface area (Å²) < 4.78 is 2.69. The van der Waals surface area contributed by atoms with E-state index in [4.69, 9.17) is 16.7 Å². The molecule has 1 aliphatic rings. The number of hydrazone groups is 1. The summed E-state index contributed by atoms with van der Waals surface area (Å²) in [5.74, 6) is -0.0173. The zero-order valence-corrected chi connectivity index (χ0v) is 21.0. The zero-order valence-electron chi connectivity index (χ0n) is 17.8. The molecule has 1 amide bonds. The largest absolute Gasteiger partial charge is 0.286 e. The molecule has 0 radical (unpaired) electrons. The van der Waals surface area contributed by atoms with Crippen LogP contribution in [0, 0.1) is 0 Å². The molecule has 0 bridgehead atoms. The maximum absolute atomic E-state index is 13.2. The van der Waals surface area contributed by atoms with Gasteiger partial charge in [0.05, 0.1) is 23.4 Å². The van der Waals surface area contributed by atoms with Gasteiger partial charge in [-0.05, 0) is 66.4 Å². The van der Waals surface area contributed by atoms with Crippen molar-refractivity contribution in [1.29, 1.82) is 0 Å². The smallest absolute Gasteiger partial charge is 0.258 e. The number of benzene rings is 3. The van der Waals surface area contributed by atoms with E-state index in [1.165, 1.54) is 17.5 Å². The van der Waals surface area contributed by atoms with Crippen LogP contribution >= 0.6 is 39.5 Å². The molecule has 0 aromatic heterocycles. The number of rotatable bonds is 6. The first kappa shape index (κ1) is 22.9. The second kappa shape index (κ2) is 9.69. The van der Waals surface area contributed by atoms with Crippen molar-refractivity contribution in [3.63, 3.8) is 0 Å². The van der Waals surface area contributed by atoms with Crippen LogP contribution in [-0.4, -0.2) is 36.0 Å². The van der Waals surface area contributed by atoms with Gasteiger partial charge in [0, 0.05) is 15.8 Å². The number of hydrogen-bond acceptors (Lipinski definition) is 4. The second-order valence-electron chi connectivity index (χ2n) is 7.82. The third-order valence-corrected chi connectivity index (χ3v) is 7.14. The van der Waals surface area contributed by atoms with Gasteiger partial charge in [-0.25, -0.2) is 0 Å². The molecule has 3 aromatic rings. The molecule has 3 aromatic carbocycles. The molecule has 0 aliphatic carbocycles. The summed E-state index contributed by atoms with van der Waals surface area (Å²) in [6.07, 6.45) is 1.90. The van der Waals surface area contributed by atoms with Crippen LogP contribution in [-0.2, 0) is 10.2 Å². The third-order valence-electron chi connectivity index (χ3n) is 5.58. The van der Waals surface area contributed by atoms with Gasteiger partial charge in [0.25, 0.3) is 5.91 Å². The first-order valence-corrected chi connectivity index (χ1v) is 12.5. The Morgan fingerprint density at radius 1 is 1.09 bits per heavy atom. The third kappa shape index (κ3) is 4.72. The Kier molecular flexibility index (Phi) is 6.93. The lowest BCUT2D eigenvalue weighted by Gasteiger charge is -2.28.